The van der Waals surface area contributed by atoms with Gasteiger partial charge in [0.25, 0.3) is 0 Å². The van der Waals surface area contributed by atoms with Gasteiger partial charge < -0.3 is 9.64 Å². The summed E-state index contributed by atoms with van der Waals surface area (Å²) in [5.74, 6) is -0.494. The first kappa shape index (κ1) is 12.2. The Labute approximate surface area is 91.2 Å². The van der Waals surface area contributed by atoms with Crippen LogP contribution in [0.4, 0.5) is 0 Å². The Bertz CT molecular complexity index is 317. The molecule has 86 valence electrons. The summed E-state index contributed by atoms with van der Waals surface area (Å²) in [4.78, 5) is 23.1. The minimum Gasteiger partial charge on any atom is -0.467 e. The molecule has 15 heavy (non-hydrogen) atoms. The maximum Gasteiger partial charge on any atom is 0.345 e. The number of nitrogens with zero attached hydrogens (tertiary/aromatic N) is 1. The molecule has 1 rings (SSSR count). The van der Waals surface area contributed by atoms with Crippen molar-refractivity contribution >= 4 is 22.7 Å². The fraction of sp³-hybridized carbons (Fsp3) is 0.778. The molecule has 5 nitrogen and oxygen atoms in total. The van der Waals surface area contributed by atoms with Crippen molar-refractivity contribution in [3.63, 3.8) is 0 Å². The number of carbonyl (C=O) groups is 2. The van der Waals surface area contributed by atoms with Crippen LogP contribution in [0.5, 0.6) is 0 Å². The first-order chi connectivity index (χ1) is 7.00. The molecule has 0 spiro atoms. The Kier molecular flexibility index (Phi) is 3.49. The van der Waals surface area contributed by atoms with E-state index in [1.54, 1.807) is 6.92 Å². The van der Waals surface area contributed by atoms with E-state index in [9.17, 15) is 13.8 Å². The van der Waals surface area contributed by atoms with Gasteiger partial charge in [-0.3, -0.25) is 9.00 Å². The molecule has 2 atom stereocenters. The smallest absolute Gasteiger partial charge is 0.345 e. The van der Waals surface area contributed by atoms with Gasteiger partial charge in [0.15, 0.2) is 0 Å². The van der Waals surface area contributed by atoms with Gasteiger partial charge in [-0.05, 0) is 6.42 Å². The predicted octanol–water partition coefficient (Wildman–Crippen LogP) is -0.124. The SMILES string of the molecule is CC[C@@]1(C(=O)OC)N(C(C)=O)CCS1=O. The van der Waals surface area contributed by atoms with E-state index >= 15 is 0 Å². The van der Waals surface area contributed by atoms with Gasteiger partial charge >= 0.3 is 5.97 Å². The molecule has 0 aliphatic carbocycles. The van der Waals surface area contributed by atoms with E-state index in [0.29, 0.717) is 18.7 Å². The Hall–Kier alpha value is -0.910. The molecule has 0 aromatic rings. The highest BCUT2D eigenvalue weighted by atomic mass is 32.2. The lowest BCUT2D eigenvalue weighted by atomic mass is 10.2. The lowest BCUT2D eigenvalue weighted by molar-refractivity contribution is -0.154. The lowest BCUT2D eigenvalue weighted by Gasteiger charge is -2.32. The molecule has 1 saturated heterocycles. The first-order valence-electron chi connectivity index (χ1n) is 4.75. The Balaban J connectivity index is 3.17. The maximum atomic E-state index is 11.9. The van der Waals surface area contributed by atoms with Crippen molar-refractivity contribution in [2.45, 2.75) is 25.1 Å². The molecule has 0 radical (unpaired) electrons. The van der Waals surface area contributed by atoms with Gasteiger partial charge in [0.2, 0.25) is 10.8 Å². The van der Waals surface area contributed by atoms with Gasteiger partial charge in [-0.1, -0.05) is 6.92 Å². The molecular formula is C9H15NO4S. The molecule has 0 aromatic heterocycles. The molecule has 1 fully saturated rings. The number of ether oxygens (including phenoxy) is 1. The van der Waals surface area contributed by atoms with Crippen LogP contribution in [0.15, 0.2) is 0 Å². The van der Waals surface area contributed by atoms with E-state index < -0.39 is 21.6 Å². The van der Waals surface area contributed by atoms with Gasteiger partial charge in [0.05, 0.1) is 17.9 Å². The molecule has 1 heterocycles. The van der Waals surface area contributed by atoms with Crippen LogP contribution in [0.1, 0.15) is 20.3 Å². The van der Waals surface area contributed by atoms with E-state index in [-0.39, 0.29) is 5.91 Å². The number of hydrogen-bond donors (Lipinski definition) is 0. The number of methoxy groups -OCH3 is 1. The van der Waals surface area contributed by atoms with Crippen molar-refractivity contribution in [1.82, 2.24) is 4.90 Å². The normalized spacial score (nSPS) is 30.3. The summed E-state index contributed by atoms with van der Waals surface area (Å²) in [5.41, 5.74) is 0. The van der Waals surface area contributed by atoms with Crippen molar-refractivity contribution in [3.8, 4) is 0 Å². The minimum absolute atomic E-state index is 0.242. The maximum absolute atomic E-state index is 11.9. The fourth-order valence-corrected chi connectivity index (χ4v) is 3.66. The van der Waals surface area contributed by atoms with Gasteiger partial charge in [-0.15, -0.1) is 0 Å². The summed E-state index contributed by atoms with van der Waals surface area (Å²) >= 11 is 0. The van der Waals surface area contributed by atoms with Crippen LogP contribution >= 0.6 is 0 Å². The zero-order valence-electron chi connectivity index (χ0n) is 9.11. The fourth-order valence-electron chi connectivity index (χ4n) is 1.92. The molecule has 0 N–H and O–H groups in total. The van der Waals surface area contributed by atoms with Crippen molar-refractivity contribution in [3.05, 3.63) is 0 Å². The van der Waals surface area contributed by atoms with E-state index in [0.717, 1.165) is 0 Å². The van der Waals surface area contributed by atoms with E-state index in [1.165, 1.54) is 18.9 Å². The highest BCUT2D eigenvalue weighted by Gasteiger charge is 2.54. The molecule has 1 aliphatic heterocycles. The zero-order valence-corrected chi connectivity index (χ0v) is 9.93. The van der Waals surface area contributed by atoms with Crippen LogP contribution < -0.4 is 0 Å². The summed E-state index contributed by atoms with van der Waals surface area (Å²) in [7, 11) is -0.126. The number of amides is 1. The quantitative estimate of drug-likeness (QED) is 0.624. The number of esters is 1. The van der Waals surface area contributed by atoms with Gasteiger partial charge in [0, 0.05) is 19.2 Å². The van der Waals surface area contributed by atoms with Crippen LogP contribution in [-0.2, 0) is 25.1 Å². The number of carbonyl (C=O) groups excluding carboxylic acids is 2. The molecule has 0 saturated carbocycles. The molecular weight excluding hydrogens is 218 g/mol. The van der Waals surface area contributed by atoms with Crippen molar-refractivity contribution < 1.29 is 18.5 Å². The zero-order chi connectivity index (χ0) is 11.6. The van der Waals surface area contributed by atoms with E-state index in [2.05, 4.69) is 4.74 Å². The summed E-state index contributed by atoms with van der Waals surface area (Å²) in [6, 6.07) is 0. The third kappa shape index (κ3) is 1.67. The van der Waals surface area contributed by atoms with Crippen molar-refractivity contribution in [2.75, 3.05) is 19.4 Å². The highest BCUT2D eigenvalue weighted by Crippen LogP contribution is 2.31. The van der Waals surface area contributed by atoms with E-state index in [4.69, 9.17) is 0 Å². The highest BCUT2D eigenvalue weighted by molar-refractivity contribution is 7.87. The van der Waals surface area contributed by atoms with Gasteiger partial charge in [-0.2, -0.15) is 0 Å². The van der Waals surface area contributed by atoms with Crippen LogP contribution in [-0.4, -0.2) is 45.3 Å². The first-order valence-corrected chi connectivity index (χ1v) is 6.07. The van der Waals surface area contributed by atoms with Crippen LogP contribution in [0.3, 0.4) is 0 Å². The molecule has 1 amide bonds. The second-order valence-electron chi connectivity index (χ2n) is 3.35. The molecule has 0 bridgehead atoms. The minimum atomic E-state index is -1.37. The summed E-state index contributed by atoms with van der Waals surface area (Å²) < 4.78 is 16.5. The van der Waals surface area contributed by atoms with E-state index in [1.807, 2.05) is 0 Å². The van der Waals surface area contributed by atoms with Gasteiger partial charge in [-0.25, -0.2) is 4.79 Å². The predicted molar refractivity (Wildman–Crippen MR) is 55.4 cm³/mol. The lowest BCUT2D eigenvalue weighted by Crippen LogP contribution is -2.54. The molecule has 1 unspecified atom stereocenters. The van der Waals surface area contributed by atoms with Crippen LogP contribution in [0.2, 0.25) is 0 Å². The Morgan fingerprint density at radius 3 is 2.53 bits per heavy atom. The molecule has 0 aromatic carbocycles. The summed E-state index contributed by atoms with van der Waals surface area (Å²) in [6.07, 6.45) is 0.311. The summed E-state index contributed by atoms with van der Waals surface area (Å²) in [6.45, 7) is 3.46. The van der Waals surface area contributed by atoms with Crippen molar-refractivity contribution in [2.24, 2.45) is 0 Å². The molecule has 6 heteroatoms. The second kappa shape index (κ2) is 4.30. The number of rotatable bonds is 2. The largest absolute Gasteiger partial charge is 0.467 e. The average molecular weight is 233 g/mol. The third-order valence-corrected chi connectivity index (χ3v) is 4.66. The summed E-state index contributed by atoms with van der Waals surface area (Å²) in [5, 5.41) is 0. The Morgan fingerprint density at radius 2 is 2.13 bits per heavy atom. The van der Waals surface area contributed by atoms with Crippen molar-refractivity contribution in [1.29, 1.82) is 0 Å². The average Bonchev–Trinajstić information content (AvgIpc) is 2.55. The molecule has 1 aliphatic rings. The third-order valence-electron chi connectivity index (χ3n) is 2.68. The second-order valence-corrected chi connectivity index (χ2v) is 5.12. The number of hydrogen-bond acceptors (Lipinski definition) is 4. The monoisotopic (exact) mass is 233 g/mol. The van der Waals surface area contributed by atoms with Crippen LogP contribution in [0, 0.1) is 0 Å². The Morgan fingerprint density at radius 1 is 1.53 bits per heavy atom. The van der Waals surface area contributed by atoms with Gasteiger partial charge in [0.1, 0.15) is 0 Å². The van der Waals surface area contributed by atoms with Crippen LogP contribution in [0.25, 0.3) is 0 Å². The topological polar surface area (TPSA) is 63.7 Å². The standard InChI is InChI=1S/C9H15NO4S/c1-4-9(8(12)14-3)10(7(2)11)5-6-15(9)13/h4-6H2,1-3H3/t9-,15?/m1/s1.